The van der Waals surface area contributed by atoms with Gasteiger partial charge in [0.25, 0.3) is 0 Å². The summed E-state index contributed by atoms with van der Waals surface area (Å²) in [5.74, 6) is -0.0893. The van der Waals surface area contributed by atoms with E-state index in [2.05, 4.69) is 42.0 Å². The molecule has 1 unspecified atom stereocenters. The van der Waals surface area contributed by atoms with Crippen molar-refractivity contribution in [2.75, 3.05) is 19.0 Å². The molecule has 0 fully saturated rings. The van der Waals surface area contributed by atoms with Crippen LogP contribution in [0.1, 0.15) is 26.3 Å². The molecule has 1 rings (SSSR count). The zero-order chi connectivity index (χ0) is 13.8. The maximum Gasteiger partial charge on any atom is 0.240 e. The SMILES string of the molecule is COCC(Br)C(=O)Nc1ccccc1C(C)(C)C. The Morgan fingerprint density at radius 1 is 1.39 bits per heavy atom. The van der Waals surface area contributed by atoms with E-state index in [-0.39, 0.29) is 16.1 Å². The van der Waals surface area contributed by atoms with E-state index in [4.69, 9.17) is 4.74 Å². The van der Waals surface area contributed by atoms with E-state index in [1.807, 2.05) is 24.3 Å². The number of ether oxygens (including phenoxy) is 1. The highest BCUT2D eigenvalue weighted by Gasteiger charge is 2.20. The number of rotatable bonds is 4. The van der Waals surface area contributed by atoms with E-state index in [1.165, 1.54) is 0 Å². The molecule has 3 nitrogen and oxygen atoms in total. The first-order chi connectivity index (χ1) is 8.36. The van der Waals surface area contributed by atoms with Crippen LogP contribution in [0.3, 0.4) is 0 Å². The van der Waals surface area contributed by atoms with Crippen LogP contribution in [-0.4, -0.2) is 24.5 Å². The Labute approximate surface area is 117 Å². The lowest BCUT2D eigenvalue weighted by molar-refractivity contribution is -0.116. The quantitative estimate of drug-likeness (QED) is 0.866. The highest BCUT2D eigenvalue weighted by atomic mass is 79.9. The molecule has 1 aromatic carbocycles. The monoisotopic (exact) mass is 313 g/mol. The van der Waals surface area contributed by atoms with Crippen molar-refractivity contribution in [2.45, 2.75) is 31.0 Å². The van der Waals surface area contributed by atoms with E-state index < -0.39 is 0 Å². The summed E-state index contributed by atoms with van der Waals surface area (Å²) in [6, 6.07) is 7.86. The number of hydrogen-bond acceptors (Lipinski definition) is 2. The second-order valence-electron chi connectivity index (χ2n) is 5.21. The predicted octanol–water partition coefficient (Wildman–Crippen LogP) is 3.33. The first kappa shape index (κ1) is 15.2. The summed E-state index contributed by atoms with van der Waals surface area (Å²) in [5.41, 5.74) is 1.97. The van der Waals surface area contributed by atoms with Crippen molar-refractivity contribution in [3.8, 4) is 0 Å². The Hall–Kier alpha value is -0.870. The fourth-order valence-corrected chi connectivity index (χ4v) is 2.06. The molecule has 1 atom stereocenters. The average molecular weight is 314 g/mol. The minimum Gasteiger partial charge on any atom is -0.383 e. The summed E-state index contributed by atoms with van der Waals surface area (Å²) in [6.45, 7) is 6.72. The molecule has 0 bridgehead atoms. The maximum absolute atomic E-state index is 11.9. The Morgan fingerprint density at radius 3 is 2.56 bits per heavy atom. The fourth-order valence-electron chi connectivity index (χ4n) is 1.68. The van der Waals surface area contributed by atoms with Gasteiger partial charge in [0, 0.05) is 12.8 Å². The second kappa shape index (κ2) is 6.34. The number of alkyl halides is 1. The first-order valence-corrected chi connectivity index (χ1v) is 6.81. The number of hydrogen-bond donors (Lipinski definition) is 1. The van der Waals surface area contributed by atoms with Gasteiger partial charge in [0.05, 0.1) is 6.61 Å². The minimum atomic E-state index is -0.337. The summed E-state index contributed by atoms with van der Waals surface area (Å²) in [7, 11) is 1.57. The Morgan fingerprint density at radius 2 is 2.00 bits per heavy atom. The second-order valence-corrected chi connectivity index (χ2v) is 6.31. The molecule has 0 aromatic heterocycles. The molecule has 0 heterocycles. The van der Waals surface area contributed by atoms with Crippen LogP contribution in [0.2, 0.25) is 0 Å². The van der Waals surface area contributed by atoms with E-state index in [9.17, 15) is 4.79 Å². The van der Waals surface area contributed by atoms with Crippen LogP contribution in [0.15, 0.2) is 24.3 Å². The largest absolute Gasteiger partial charge is 0.383 e. The van der Waals surface area contributed by atoms with Crippen molar-refractivity contribution in [3.05, 3.63) is 29.8 Å². The van der Waals surface area contributed by atoms with Gasteiger partial charge in [-0.05, 0) is 17.0 Å². The van der Waals surface area contributed by atoms with Crippen LogP contribution in [0.25, 0.3) is 0 Å². The molecule has 0 aliphatic carbocycles. The lowest BCUT2D eigenvalue weighted by Crippen LogP contribution is -2.28. The van der Waals surface area contributed by atoms with Crippen molar-refractivity contribution in [1.82, 2.24) is 0 Å². The van der Waals surface area contributed by atoms with Crippen LogP contribution in [0.4, 0.5) is 5.69 Å². The van der Waals surface area contributed by atoms with Crippen molar-refractivity contribution >= 4 is 27.5 Å². The van der Waals surface area contributed by atoms with Gasteiger partial charge in [-0.25, -0.2) is 0 Å². The Balaban J connectivity index is 2.88. The molecule has 0 saturated carbocycles. The van der Waals surface area contributed by atoms with Crippen LogP contribution >= 0.6 is 15.9 Å². The third-order valence-corrected chi connectivity index (χ3v) is 3.27. The van der Waals surface area contributed by atoms with Gasteiger partial charge in [0.2, 0.25) is 5.91 Å². The first-order valence-electron chi connectivity index (χ1n) is 5.89. The number of carbonyl (C=O) groups excluding carboxylic acids is 1. The topological polar surface area (TPSA) is 38.3 Å². The van der Waals surface area contributed by atoms with Gasteiger partial charge in [0.15, 0.2) is 0 Å². The molecule has 0 aliphatic rings. The van der Waals surface area contributed by atoms with E-state index in [0.717, 1.165) is 11.3 Å². The molecule has 0 aliphatic heterocycles. The number of carbonyl (C=O) groups is 1. The van der Waals surface area contributed by atoms with Gasteiger partial charge in [-0.3, -0.25) is 4.79 Å². The number of benzene rings is 1. The van der Waals surface area contributed by atoms with Crippen molar-refractivity contribution in [2.24, 2.45) is 0 Å². The van der Waals surface area contributed by atoms with Crippen LogP contribution in [-0.2, 0) is 14.9 Å². The smallest absolute Gasteiger partial charge is 0.240 e. The summed E-state index contributed by atoms with van der Waals surface area (Å²) in [4.78, 5) is 11.6. The molecule has 0 radical (unpaired) electrons. The lowest BCUT2D eigenvalue weighted by atomic mass is 9.86. The Kier molecular flexibility index (Phi) is 5.35. The zero-order valence-corrected chi connectivity index (χ0v) is 12.9. The number of anilines is 1. The van der Waals surface area contributed by atoms with Gasteiger partial charge in [-0.1, -0.05) is 54.9 Å². The summed E-state index contributed by atoms with van der Waals surface area (Å²) < 4.78 is 4.95. The maximum atomic E-state index is 11.9. The van der Waals surface area contributed by atoms with Gasteiger partial charge in [0.1, 0.15) is 4.83 Å². The van der Waals surface area contributed by atoms with Gasteiger partial charge in [-0.15, -0.1) is 0 Å². The molecular formula is C14H20BrNO2. The third-order valence-electron chi connectivity index (χ3n) is 2.59. The molecule has 1 N–H and O–H groups in total. The van der Waals surface area contributed by atoms with Crippen LogP contribution in [0.5, 0.6) is 0 Å². The number of nitrogens with one attached hydrogen (secondary N) is 1. The normalized spacial score (nSPS) is 13.2. The molecule has 0 spiro atoms. The van der Waals surface area contributed by atoms with E-state index >= 15 is 0 Å². The van der Waals surface area contributed by atoms with Crippen LogP contribution < -0.4 is 5.32 Å². The Bertz CT molecular complexity index is 413. The minimum absolute atomic E-state index is 0.00700. The number of methoxy groups -OCH3 is 1. The summed E-state index contributed by atoms with van der Waals surface area (Å²) in [6.07, 6.45) is 0. The fraction of sp³-hybridized carbons (Fsp3) is 0.500. The van der Waals surface area contributed by atoms with Crippen molar-refractivity contribution in [3.63, 3.8) is 0 Å². The molecule has 1 amide bonds. The van der Waals surface area contributed by atoms with Gasteiger partial charge in [-0.2, -0.15) is 0 Å². The molecule has 18 heavy (non-hydrogen) atoms. The molecule has 4 heteroatoms. The number of para-hydroxylation sites is 1. The standard InChI is InChI=1S/C14H20BrNO2/c1-14(2,3)10-7-5-6-8-12(10)16-13(17)11(15)9-18-4/h5-8,11H,9H2,1-4H3,(H,16,17). The highest BCUT2D eigenvalue weighted by Crippen LogP contribution is 2.29. The predicted molar refractivity (Wildman–Crippen MR) is 78.4 cm³/mol. The highest BCUT2D eigenvalue weighted by molar-refractivity contribution is 9.10. The summed E-state index contributed by atoms with van der Waals surface area (Å²) in [5, 5.41) is 2.94. The number of halogens is 1. The summed E-state index contributed by atoms with van der Waals surface area (Å²) >= 11 is 3.30. The lowest BCUT2D eigenvalue weighted by Gasteiger charge is -2.23. The van der Waals surface area contributed by atoms with Gasteiger partial charge < -0.3 is 10.1 Å². The molecule has 100 valence electrons. The molecule has 1 aromatic rings. The van der Waals surface area contributed by atoms with E-state index in [0.29, 0.717) is 6.61 Å². The van der Waals surface area contributed by atoms with Crippen molar-refractivity contribution < 1.29 is 9.53 Å². The number of amides is 1. The molecular weight excluding hydrogens is 294 g/mol. The zero-order valence-electron chi connectivity index (χ0n) is 11.3. The third kappa shape index (κ3) is 4.10. The van der Waals surface area contributed by atoms with Crippen molar-refractivity contribution in [1.29, 1.82) is 0 Å². The molecule has 0 saturated heterocycles. The van der Waals surface area contributed by atoms with E-state index in [1.54, 1.807) is 7.11 Å². The van der Waals surface area contributed by atoms with Gasteiger partial charge >= 0.3 is 0 Å². The average Bonchev–Trinajstić information content (AvgIpc) is 2.28. The van der Waals surface area contributed by atoms with Crippen LogP contribution in [0, 0.1) is 0 Å².